The van der Waals surface area contributed by atoms with Crippen molar-refractivity contribution in [1.29, 1.82) is 0 Å². The number of rotatable bonds is 11. The maximum absolute atomic E-state index is 13.7. The minimum Gasteiger partial charge on any atom is -0.497 e. The van der Waals surface area contributed by atoms with E-state index in [-0.39, 0.29) is 19.6 Å². The third kappa shape index (κ3) is 8.93. The minimum absolute atomic E-state index is 0.188. The fraction of sp³-hybridized carbons (Fsp3) is 0.0769. The lowest BCUT2D eigenvalue weighted by molar-refractivity contribution is -0.0510. The van der Waals surface area contributed by atoms with Gasteiger partial charge >= 0.3 is 15.6 Å². The molecule has 0 radical (unpaired) electrons. The molecule has 0 bridgehead atoms. The average molecular weight is 994 g/mol. The van der Waals surface area contributed by atoms with Gasteiger partial charge in [0.05, 0.1) is 50.1 Å². The van der Waals surface area contributed by atoms with Crippen molar-refractivity contribution in [2.24, 2.45) is 0 Å². The molecule has 0 heterocycles. The van der Waals surface area contributed by atoms with Crippen molar-refractivity contribution in [3.8, 4) is 22.6 Å². The van der Waals surface area contributed by atoms with Crippen LogP contribution in [0.25, 0.3) is 11.1 Å². The van der Waals surface area contributed by atoms with Gasteiger partial charge in [0.1, 0.15) is 11.5 Å². The summed E-state index contributed by atoms with van der Waals surface area (Å²) in [6.45, 7) is 0. The van der Waals surface area contributed by atoms with Gasteiger partial charge in [-0.15, -0.1) is 0 Å². The van der Waals surface area contributed by atoms with Gasteiger partial charge in [-0.2, -0.15) is 21.6 Å². The van der Waals surface area contributed by atoms with Crippen LogP contribution in [0.5, 0.6) is 11.5 Å². The maximum atomic E-state index is 13.7. The van der Waals surface area contributed by atoms with Crippen molar-refractivity contribution in [2.75, 3.05) is 14.2 Å². The second-order valence-electron chi connectivity index (χ2n) is 15.3. The monoisotopic (exact) mass is 993 g/mol. The van der Waals surface area contributed by atoms with Crippen molar-refractivity contribution in [1.82, 2.24) is 0 Å². The molecule has 9 nitrogen and oxygen atoms in total. The van der Waals surface area contributed by atoms with E-state index in [4.69, 9.17) is 22.4 Å². The lowest BCUT2D eigenvalue weighted by Crippen LogP contribution is -2.28. The van der Waals surface area contributed by atoms with Gasteiger partial charge in [0.2, 0.25) is 19.7 Å². The number of halogens is 3. The summed E-state index contributed by atoms with van der Waals surface area (Å²) in [6, 6.07) is 62.5. The highest BCUT2D eigenvalue weighted by molar-refractivity contribution is 7.97. The molecule has 9 rings (SSSR count). The Balaban J connectivity index is 0.000000718. The van der Waals surface area contributed by atoms with Gasteiger partial charge in [-0.05, 0) is 149 Å². The molecule has 0 atom stereocenters. The van der Waals surface area contributed by atoms with E-state index >= 15 is 0 Å². The van der Waals surface area contributed by atoms with Crippen molar-refractivity contribution in [2.45, 2.75) is 45.2 Å². The number of fused-ring (bicyclic) bond motifs is 3. The molecule has 0 spiro atoms. The summed E-state index contributed by atoms with van der Waals surface area (Å²) in [5.74, 6) is 1.50. The first kappa shape index (κ1) is 47.8. The maximum Gasteiger partial charge on any atom is 0.522 e. The van der Waals surface area contributed by atoms with E-state index in [2.05, 4.69) is 66.7 Å². The normalized spacial score (nSPS) is 13.2. The topological polar surface area (TPSA) is 141 Å². The Hall–Kier alpha value is -6.69. The summed E-state index contributed by atoms with van der Waals surface area (Å²) < 4.78 is 124. The summed E-state index contributed by atoms with van der Waals surface area (Å²) in [5, 5.41) is 0. The fourth-order valence-electron chi connectivity index (χ4n) is 8.25. The lowest BCUT2D eigenvalue weighted by Gasteiger charge is -2.34. The molecule has 1 aliphatic carbocycles. The van der Waals surface area contributed by atoms with Crippen LogP contribution in [0.1, 0.15) is 22.3 Å². The predicted octanol–water partition coefficient (Wildman–Crippen LogP) is 11.2. The van der Waals surface area contributed by atoms with E-state index < -0.39 is 51.6 Å². The quantitative estimate of drug-likeness (QED) is 0.0761. The van der Waals surface area contributed by atoms with Gasteiger partial charge in [0.15, 0.2) is 14.7 Å². The number of sulfone groups is 2. The Labute approximate surface area is 395 Å². The molecule has 16 heteroatoms. The van der Waals surface area contributed by atoms with Crippen LogP contribution in [0.3, 0.4) is 0 Å². The van der Waals surface area contributed by atoms with Crippen LogP contribution < -0.4 is 9.47 Å². The zero-order valence-electron chi connectivity index (χ0n) is 36.0. The van der Waals surface area contributed by atoms with Crippen molar-refractivity contribution < 1.29 is 52.5 Å². The first-order valence-corrected chi connectivity index (χ1v) is 26.2. The summed E-state index contributed by atoms with van der Waals surface area (Å²) in [5.41, 5.74) is 0.280. The van der Waals surface area contributed by atoms with Gasteiger partial charge in [-0.25, -0.2) is 16.8 Å². The molecule has 0 unspecified atom stereocenters. The minimum atomic E-state index is -5.84. The zero-order chi connectivity index (χ0) is 48.5. The molecule has 346 valence electrons. The molecule has 0 amide bonds. The van der Waals surface area contributed by atoms with Crippen LogP contribution in [0.2, 0.25) is 0 Å². The molecular formula is C52H40F3O9S4+. The van der Waals surface area contributed by atoms with Gasteiger partial charge in [0, 0.05) is 0 Å². The van der Waals surface area contributed by atoms with Gasteiger partial charge in [0.25, 0.3) is 0 Å². The largest absolute Gasteiger partial charge is 0.522 e. The second kappa shape index (κ2) is 18.8. The first-order valence-electron chi connectivity index (χ1n) is 20.5. The third-order valence-corrected chi connectivity index (χ3v) is 17.8. The number of benzene rings is 8. The Kier molecular flexibility index (Phi) is 13.2. The van der Waals surface area contributed by atoms with E-state index in [9.17, 15) is 30.0 Å². The van der Waals surface area contributed by atoms with E-state index in [0.717, 1.165) is 59.6 Å². The van der Waals surface area contributed by atoms with Gasteiger partial charge in [-0.1, -0.05) is 84.9 Å². The standard InChI is InChI=1S/C51H39O6S3.CHF3O3S/c1-56-38-21-17-36(18-22-38)51(37-19-23-39(57-2)24-20-37)49-16-10-9-15-47(49)48-34-29-42(35-50(48)51)58(40-25-30-45(31-26-40)59(52,53)43-11-5-3-6-12-43)41-27-32-46(33-28-41)60(54,55)44-13-7-4-8-14-44;2-1(3,4)8(5,6)7/h3-35H,1-2H3;(H,5,6,7)/q+1;. The van der Waals surface area contributed by atoms with Gasteiger partial charge in [-0.3, -0.25) is 4.55 Å². The molecule has 0 saturated carbocycles. The smallest absolute Gasteiger partial charge is 0.497 e. The van der Waals surface area contributed by atoms with Crippen LogP contribution in [0.4, 0.5) is 13.2 Å². The molecule has 68 heavy (non-hydrogen) atoms. The molecule has 1 N–H and O–H groups in total. The van der Waals surface area contributed by atoms with Gasteiger partial charge < -0.3 is 9.47 Å². The van der Waals surface area contributed by atoms with E-state index in [1.165, 1.54) is 0 Å². The Morgan fingerprint density at radius 2 is 0.794 bits per heavy atom. The van der Waals surface area contributed by atoms with Crippen molar-refractivity contribution in [3.05, 3.63) is 222 Å². The van der Waals surface area contributed by atoms with Crippen LogP contribution in [0, 0.1) is 0 Å². The molecule has 8 aromatic carbocycles. The zero-order valence-corrected chi connectivity index (χ0v) is 39.3. The lowest BCUT2D eigenvalue weighted by atomic mass is 9.67. The predicted molar refractivity (Wildman–Crippen MR) is 253 cm³/mol. The fourth-order valence-corrected chi connectivity index (χ4v) is 12.9. The van der Waals surface area contributed by atoms with E-state index in [1.54, 1.807) is 99.1 Å². The Morgan fingerprint density at radius 1 is 0.441 bits per heavy atom. The second-order valence-corrected chi connectivity index (χ2v) is 22.6. The number of methoxy groups -OCH3 is 2. The summed E-state index contributed by atoms with van der Waals surface area (Å²) in [7, 11) is -10.9. The first-order chi connectivity index (χ1) is 32.4. The number of hydrogen-bond acceptors (Lipinski definition) is 8. The molecule has 0 fully saturated rings. The average Bonchev–Trinajstić information content (AvgIpc) is 3.65. The number of alkyl halides is 3. The summed E-state index contributed by atoms with van der Waals surface area (Å²) in [4.78, 5) is 3.54. The van der Waals surface area contributed by atoms with E-state index in [1.807, 2.05) is 48.5 Å². The Bertz CT molecular complexity index is 3270. The summed E-state index contributed by atoms with van der Waals surface area (Å²) >= 11 is 0. The molecular weight excluding hydrogens is 954 g/mol. The highest BCUT2D eigenvalue weighted by atomic mass is 32.2. The van der Waals surface area contributed by atoms with E-state index in [0.29, 0.717) is 0 Å². The molecule has 0 aliphatic heterocycles. The summed E-state index contributed by atoms with van der Waals surface area (Å²) in [6.07, 6.45) is 0. The SMILES string of the molecule is COc1ccc(C2(c3ccc(OC)cc3)c3ccccc3-c3ccc([S+](c4ccc(S(=O)(=O)c5ccccc5)cc4)c4ccc(S(=O)(=O)c5ccccc5)cc4)cc32)cc1.O=S(=O)(O)C(F)(F)F. The van der Waals surface area contributed by atoms with Crippen molar-refractivity contribution in [3.63, 3.8) is 0 Å². The molecule has 0 saturated heterocycles. The van der Waals surface area contributed by atoms with Crippen LogP contribution in [-0.4, -0.2) is 49.5 Å². The number of hydrogen-bond donors (Lipinski definition) is 1. The molecule has 8 aromatic rings. The highest BCUT2D eigenvalue weighted by Gasteiger charge is 2.48. The Morgan fingerprint density at radius 3 is 1.19 bits per heavy atom. The van der Waals surface area contributed by atoms with Crippen molar-refractivity contribution >= 4 is 40.7 Å². The van der Waals surface area contributed by atoms with Crippen LogP contribution in [0.15, 0.2) is 234 Å². The van der Waals surface area contributed by atoms with Crippen LogP contribution in [-0.2, 0) is 46.1 Å². The third-order valence-electron chi connectivity index (χ3n) is 11.4. The number of ether oxygens (including phenoxy) is 2. The molecule has 0 aromatic heterocycles. The van der Waals surface area contributed by atoms with Crippen LogP contribution >= 0.6 is 0 Å². The highest BCUT2D eigenvalue weighted by Crippen LogP contribution is 2.57. The molecule has 1 aliphatic rings.